The maximum Gasteiger partial charge on any atom is 0.145 e. The number of thiophene rings is 1. The number of nitrogen functional groups attached to an aromatic ring is 1. The molecule has 1 aromatic carbocycles. The molecule has 0 aliphatic heterocycles. The number of hydrogen-bond acceptors (Lipinski definition) is 3. The molecule has 0 amide bonds. The highest BCUT2D eigenvalue weighted by atomic mass is 79.9. The molecule has 2 N–H and O–H groups in total. The van der Waals surface area contributed by atoms with Crippen LogP contribution in [0.5, 0.6) is 5.75 Å². The van der Waals surface area contributed by atoms with Crippen molar-refractivity contribution in [2.75, 3.05) is 12.3 Å². The van der Waals surface area contributed by atoms with Crippen LogP contribution in [0.15, 0.2) is 33.4 Å². The van der Waals surface area contributed by atoms with Crippen LogP contribution < -0.4 is 10.5 Å². The average Bonchev–Trinajstić information content (AvgIpc) is 2.78. The van der Waals surface area contributed by atoms with E-state index in [4.69, 9.17) is 10.5 Å². The Balaban J connectivity index is 1.97. The van der Waals surface area contributed by atoms with Gasteiger partial charge in [-0.3, -0.25) is 0 Å². The molecule has 1 aromatic heterocycles. The summed E-state index contributed by atoms with van der Waals surface area (Å²) in [6.45, 7) is 0.488. The first-order chi connectivity index (χ1) is 8.16. The quantitative estimate of drug-likeness (QED) is 0.870. The fourth-order valence-corrected chi connectivity index (χ4v) is 2.45. The van der Waals surface area contributed by atoms with E-state index in [1.54, 1.807) is 11.3 Å². The molecule has 2 aromatic rings. The van der Waals surface area contributed by atoms with E-state index in [0.717, 1.165) is 6.42 Å². The normalized spacial score (nSPS) is 10.5. The minimum absolute atomic E-state index is 0.347. The molecule has 1 heterocycles. The third-order valence-corrected chi connectivity index (χ3v) is 3.62. The Bertz CT molecular complexity index is 501. The van der Waals surface area contributed by atoms with Gasteiger partial charge in [0.25, 0.3) is 0 Å². The molecule has 2 nitrogen and oxygen atoms in total. The van der Waals surface area contributed by atoms with Crippen LogP contribution in [0.3, 0.4) is 0 Å². The second-order valence-corrected chi connectivity index (χ2v) is 5.17. The van der Waals surface area contributed by atoms with Crippen LogP contribution in [0.2, 0.25) is 0 Å². The van der Waals surface area contributed by atoms with E-state index in [0.29, 0.717) is 22.5 Å². The molecule has 90 valence electrons. The summed E-state index contributed by atoms with van der Waals surface area (Å²) in [6, 6.07) is 4.85. The van der Waals surface area contributed by atoms with Crippen molar-refractivity contribution in [3.8, 4) is 5.75 Å². The van der Waals surface area contributed by atoms with Crippen LogP contribution in [0, 0.1) is 5.82 Å². The molecule has 0 saturated carbocycles. The molecule has 17 heavy (non-hydrogen) atoms. The fraction of sp³-hybridized carbons (Fsp3) is 0.167. The first kappa shape index (κ1) is 12.4. The molecular formula is C12H11BrFNOS. The van der Waals surface area contributed by atoms with Gasteiger partial charge in [-0.2, -0.15) is 11.3 Å². The van der Waals surface area contributed by atoms with E-state index in [2.05, 4.69) is 21.3 Å². The minimum Gasteiger partial charge on any atom is -0.491 e. The van der Waals surface area contributed by atoms with Gasteiger partial charge in [0.1, 0.15) is 11.6 Å². The van der Waals surface area contributed by atoms with Crippen LogP contribution in [0.25, 0.3) is 0 Å². The summed E-state index contributed by atoms with van der Waals surface area (Å²) >= 11 is 4.72. The molecule has 0 saturated heterocycles. The molecule has 0 atom stereocenters. The van der Waals surface area contributed by atoms with Gasteiger partial charge >= 0.3 is 0 Å². The standard InChI is InChI=1S/C12H11BrFNOS/c13-9-5-11(15)12(6-10(9)14)16-3-1-8-2-4-17-7-8/h2,4-7H,1,3,15H2. The van der Waals surface area contributed by atoms with Gasteiger partial charge in [0.15, 0.2) is 0 Å². The van der Waals surface area contributed by atoms with Gasteiger partial charge in [-0.15, -0.1) is 0 Å². The van der Waals surface area contributed by atoms with Gasteiger partial charge < -0.3 is 10.5 Å². The average molecular weight is 316 g/mol. The second kappa shape index (κ2) is 5.51. The Hall–Kier alpha value is -1.07. The Labute approximate surface area is 111 Å². The molecule has 0 aliphatic carbocycles. The van der Waals surface area contributed by atoms with Crippen LogP contribution in [-0.2, 0) is 6.42 Å². The second-order valence-electron chi connectivity index (χ2n) is 3.53. The van der Waals surface area contributed by atoms with Gasteiger partial charge in [0.05, 0.1) is 16.8 Å². The molecule has 0 bridgehead atoms. The van der Waals surface area contributed by atoms with Gasteiger partial charge in [-0.1, -0.05) is 0 Å². The molecule has 2 rings (SSSR count). The molecule has 0 unspecified atom stereocenters. The summed E-state index contributed by atoms with van der Waals surface area (Å²) in [7, 11) is 0. The topological polar surface area (TPSA) is 35.2 Å². The van der Waals surface area contributed by atoms with Gasteiger partial charge in [0.2, 0.25) is 0 Å². The monoisotopic (exact) mass is 315 g/mol. The van der Waals surface area contributed by atoms with Crippen LogP contribution in [0.1, 0.15) is 5.56 Å². The first-order valence-electron chi connectivity index (χ1n) is 5.05. The summed E-state index contributed by atoms with van der Waals surface area (Å²) in [5.74, 6) is 0.0191. The van der Waals surface area contributed by atoms with Crippen molar-refractivity contribution >= 4 is 33.0 Å². The lowest BCUT2D eigenvalue weighted by Gasteiger charge is -2.09. The Morgan fingerprint density at radius 3 is 2.94 bits per heavy atom. The van der Waals surface area contributed by atoms with Gasteiger partial charge in [-0.25, -0.2) is 4.39 Å². The number of benzene rings is 1. The molecule has 5 heteroatoms. The van der Waals surface area contributed by atoms with Crippen LogP contribution in [0.4, 0.5) is 10.1 Å². The number of rotatable bonds is 4. The Morgan fingerprint density at radius 2 is 2.24 bits per heavy atom. The van der Waals surface area contributed by atoms with E-state index in [1.165, 1.54) is 17.7 Å². The van der Waals surface area contributed by atoms with Crippen molar-refractivity contribution in [3.63, 3.8) is 0 Å². The number of anilines is 1. The van der Waals surface area contributed by atoms with Gasteiger partial charge in [-0.05, 0) is 44.4 Å². The molecule has 0 fully saturated rings. The smallest absolute Gasteiger partial charge is 0.145 e. The van der Waals surface area contributed by atoms with Crippen molar-refractivity contribution in [1.29, 1.82) is 0 Å². The number of ether oxygens (including phenoxy) is 1. The highest BCUT2D eigenvalue weighted by Gasteiger charge is 2.07. The van der Waals surface area contributed by atoms with E-state index in [-0.39, 0.29) is 5.82 Å². The third kappa shape index (κ3) is 3.20. The Morgan fingerprint density at radius 1 is 1.41 bits per heavy atom. The zero-order chi connectivity index (χ0) is 12.3. The predicted molar refractivity (Wildman–Crippen MR) is 72.0 cm³/mol. The zero-order valence-corrected chi connectivity index (χ0v) is 11.4. The third-order valence-electron chi connectivity index (χ3n) is 2.28. The van der Waals surface area contributed by atoms with Gasteiger partial charge in [0, 0.05) is 12.5 Å². The highest BCUT2D eigenvalue weighted by molar-refractivity contribution is 9.10. The SMILES string of the molecule is Nc1cc(Br)c(F)cc1OCCc1ccsc1. The summed E-state index contributed by atoms with van der Waals surface area (Å²) in [6.07, 6.45) is 0.792. The van der Waals surface area contributed by atoms with Crippen molar-refractivity contribution in [1.82, 2.24) is 0 Å². The van der Waals surface area contributed by atoms with E-state index < -0.39 is 0 Å². The first-order valence-corrected chi connectivity index (χ1v) is 6.79. The highest BCUT2D eigenvalue weighted by Crippen LogP contribution is 2.28. The molecular weight excluding hydrogens is 305 g/mol. The molecule has 0 radical (unpaired) electrons. The lowest BCUT2D eigenvalue weighted by molar-refractivity contribution is 0.322. The number of halogens is 2. The summed E-state index contributed by atoms with van der Waals surface area (Å²) in [5.41, 5.74) is 7.38. The molecule has 0 spiro atoms. The minimum atomic E-state index is -0.371. The van der Waals surface area contributed by atoms with Crippen molar-refractivity contribution < 1.29 is 9.13 Å². The van der Waals surface area contributed by atoms with Crippen molar-refractivity contribution in [2.24, 2.45) is 0 Å². The van der Waals surface area contributed by atoms with E-state index in [1.807, 2.05) is 11.4 Å². The summed E-state index contributed by atoms with van der Waals surface area (Å²) < 4.78 is 19.1. The largest absolute Gasteiger partial charge is 0.491 e. The maximum absolute atomic E-state index is 13.3. The number of nitrogens with two attached hydrogens (primary N) is 1. The Kier molecular flexibility index (Phi) is 4.02. The zero-order valence-electron chi connectivity index (χ0n) is 8.95. The summed E-state index contributed by atoms with van der Waals surface area (Å²) in [4.78, 5) is 0. The van der Waals surface area contributed by atoms with Crippen molar-refractivity contribution in [2.45, 2.75) is 6.42 Å². The van der Waals surface area contributed by atoms with Crippen molar-refractivity contribution in [3.05, 3.63) is 44.8 Å². The summed E-state index contributed by atoms with van der Waals surface area (Å²) in [5, 5.41) is 4.08. The lowest BCUT2D eigenvalue weighted by Crippen LogP contribution is -2.03. The lowest BCUT2D eigenvalue weighted by atomic mass is 10.2. The number of hydrogen-bond donors (Lipinski definition) is 1. The fourth-order valence-electron chi connectivity index (χ4n) is 1.38. The maximum atomic E-state index is 13.3. The van der Waals surface area contributed by atoms with Crippen LogP contribution >= 0.6 is 27.3 Å². The van der Waals surface area contributed by atoms with E-state index in [9.17, 15) is 4.39 Å². The van der Waals surface area contributed by atoms with E-state index >= 15 is 0 Å². The molecule has 0 aliphatic rings. The van der Waals surface area contributed by atoms with Crippen LogP contribution in [-0.4, -0.2) is 6.61 Å². The predicted octanol–water partition coefficient (Wildman–Crippen LogP) is 3.85.